The van der Waals surface area contributed by atoms with Crippen molar-refractivity contribution in [3.63, 3.8) is 0 Å². The molecule has 0 saturated heterocycles. The quantitative estimate of drug-likeness (QED) is 0.594. The van der Waals surface area contributed by atoms with Crippen molar-refractivity contribution in [2.24, 2.45) is 0 Å². The van der Waals surface area contributed by atoms with Crippen molar-refractivity contribution in [1.29, 1.82) is 5.26 Å². The third kappa shape index (κ3) is 4.42. The van der Waals surface area contributed by atoms with Gasteiger partial charge in [0.1, 0.15) is 27.5 Å². The van der Waals surface area contributed by atoms with Gasteiger partial charge in [0.05, 0.1) is 11.6 Å². The molecule has 1 aliphatic carbocycles. The van der Waals surface area contributed by atoms with E-state index in [1.807, 2.05) is 45.0 Å². The van der Waals surface area contributed by atoms with Gasteiger partial charge in [0, 0.05) is 11.1 Å². The Bertz CT molecular complexity index is 1190. The van der Waals surface area contributed by atoms with Gasteiger partial charge in [-0.2, -0.15) is 5.26 Å². The van der Waals surface area contributed by atoms with Crippen molar-refractivity contribution in [3.05, 3.63) is 58.9 Å². The molecule has 8 heteroatoms. The van der Waals surface area contributed by atoms with Gasteiger partial charge in [-0.15, -0.1) is 10.2 Å². The topological polar surface area (TPSA) is 87.9 Å². The fourth-order valence-electron chi connectivity index (χ4n) is 3.65. The summed E-state index contributed by atoms with van der Waals surface area (Å²) >= 11 is 1.39. The summed E-state index contributed by atoms with van der Waals surface area (Å²) in [5.74, 6) is -0.555. The van der Waals surface area contributed by atoms with E-state index in [1.54, 1.807) is 6.07 Å². The first-order valence-electron chi connectivity index (χ1n) is 9.90. The Balaban J connectivity index is 1.60. The maximum Gasteiger partial charge on any atom is 0.408 e. The number of hydrogen-bond acceptors (Lipinski definition) is 6. The zero-order chi connectivity index (χ0) is 22.2. The second-order valence-corrected chi connectivity index (χ2v) is 9.31. The highest BCUT2D eigenvalue weighted by Gasteiger charge is 2.29. The van der Waals surface area contributed by atoms with Gasteiger partial charge in [0.25, 0.3) is 0 Å². The molecule has 0 bridgehead atoms. The minimum absolute atomic E-state index is 0.0223. The average Bonchev–Trinajstić information content (AvgIpc) is 3.35. The van der Waals surface area contributed by atoms with Gasteiger partial charge in [0.15, 0.2) is 0 Å². The van der Waals surface area contributed by atoms with Gasteiger partial charge in [-0.25, -0.2) is 9.18 Å². The van der Waals surface area contributed by atoms with Gasteiger partial charge in [0.2, 0.25) is 0 Å². The number of nitrogens with zero attached hydrogens (tertiary/aromatic N) is 3. The molecule has 1 heterocycles. The van der Waals surface area contributed by atoms with Gasteiger partial charge in [-0.1, -0.05) is 29.5 Å². The van der Waals surface area contributed by atoms with E-state index in [1.165, 1.54) is 23.5 Å². The molecule has 0 radical (unpaired) electrons. The molecule has 1 atom stereocenters. The summed E-state index contributed by atoms with van der Waals surface area (Å²) in [5.41, 5.74) is 3.22. The summed E-state index contributed by atoms with van der Waals surface area (Å²) in [6.45, 7) is 5.50. The van der Waals surface area contributed by atoms with Crippen LogP contribution in [0.4, 0.5) is 9.18 Å². The maximum atomic E-state index is 13.6. The largest absolute Gasteiger partial charge is 0.444 e. The Kier molecular flexibility index (Phi) is 5.46. The standard InChI is InChI=1S/C23H21FN4O2S/c1-23(2,3)30-22(29)26-19-10-8-15-16(19)5-4-6-17(15)21-28-27-20(31-21)13-7-9-18(24)14(11-13)12-25/h4-7,9,11,19H,8,10H2,1-3H3,(H,26,29). The third-order valence-corrected chi connectivity index (χ3v) is 5.96. The van der Waals surface area contributed by atoms with E-state index in [2.05, 4.69) is 15.5 Å². The van der Waals surface area contributed by atoms with Crippen LogP contribution in [0.5, 0.6) is 0 Å². The molecule has 6 nitrogen and oxygen atoms in total. The summed E-state index contributed by atoms with van der Waals surface area (Å²) in [7, 11) is 0. The van der Waals surface area contributed by atoms with Gasteiger partial charge in [-0.3, -0.25) is 0 Å². The van der Waals surface area contributed by atoms with Crippen LogP contribution in [0.15, 0.2) is 36.4 Å². The Labute approximate surface area is 183 Å². The average molecular weight is 437 g/mol. The first-order chi connectivity index (χ1) is 14.7. The predicted octanol–water partition coefficient (Wildman–Crippen LogP) is 5.39. The van der Waals surface area contributed by atoms with Crippen LogP contribution in [0.1, 0.15) is 49.9 Å². The molecule has 4 rings (SSSR count). The second kappa shape index (κ2) is 8.08. The Morgan fingerprint density at radius 2 is 2.03 bits per heavy atom. The van der Waals surface area contributed by atoms with Crippen LogP contribution in [0, 0.1) is 17.1 Å². The number of amides is 1. The molecular formula is C23H21FN4O2S. The Morgan fingerprint density at radius 3 is 2.77 bits per heavy atom. The minimum atomic E-state index is -0.555. The van der Waals surface area contributed by atoms with Gasteiger partial charge in [-0.05, 0) is 62.9 Å². The van der Waals surface area contributed by atoms with Crippen LogP contribution in [-0.2, 0) is 11.2 Å². The van der Waals surface area contributed by atoms with Gasteiger partial charge >= 0.3 is 6.09 Å². The van der Waals surface area contributed by atoms with Crippen LogP contribution in [0.3, 0.4) is 0 Å². The molecule has 0 spiro atoms. The monoisotopic (exact) mass is 436 g/mol. The molecule has 1 unspecified atom stereocenters. The smallest absolute Gasteiger partial charge is 0.408 e. The van der Waals surface area contributed by atoms with Crippen molar-refractivity contribution >= 4 is 17.4 Å². The molecule has 31 heavy (non-hydrogen) atoms. The predicted molar refractivity (Wildman–Crippen MR) is 116 cm³/mol. The highest BCUT2D eigenvalue weighted by atomic mass is 32.1. The Hall–Kier alpha value is -3.31. The van der Waals surface area contributed by atoms with Crippen molar-refractivity contribution in [2.45, 2.75) is 45.3 Å². The van der Waals surface area contributed by atoms with Crippen molar-refractivity contribution in [2.75, 3.05) is 0 Å². The zero-order valence-electron chi connectivity index (χ0n) is 17.4. The molecule has 2 aromatic carbocycles. The number of fused-ring (bicyclic) bond motifs is 1. The molecule has 0 aliphatic heterocycles. The summed E-state index contributed by atoms with van der Waals surface area (Å²) in [6.07, 6.45) is 1.15. The summed E-state index contributed by atoms with van der Waals surface area (Å²) < 4.78 is 19.0. The number of halogens is 1. The molecule has 158 valence electrons. The van der Waals surface area contributed by atoms with E-state index in [9.17, 15) is 9.18 Å². The normalized spacial score (nSPS) is 15.3. The third-order valence-electron chi connectivity index (χ3n) is 4.95. The highest BCUT2D eigenvalue weighted by molar-refractivity contribution is 7.17. The number of aromatic nitrogens is 2. The molecule has 1 N–H and O–H groups in total. The van der Waals surface area contributed by atoms with Crippen LogP contribution in [0.2, 0.25) is 0 Å². The lowest BCUT2D eigenvalue weighted by Crippen LogP contribution is -2.34. The van der Waals surface area contributed by atoms with E-state index in [0.717, 1.165) is 34.5 Å². The van der Waals surface area contributed by atoms with Crippen molar-refractivity contribution < 1.29 is 13.9 Å². The SMILES string of the molecule is CC(C)(C)OC(=O)NC1CCc2c(-c3nnc(-c4ccc(F)c(C#N)c4)s3)cccc21. The fraction of sp³-hybridized carbons (Fsp3) is 0.304. The number of hydrogen-bond donors (Lipinski definition) is 1. The number of nitrogens with one attached hydrogen (secondary N) is 1. The lowest BCUT2D eigenvalue weighted by Gasteiger charge is -2.22. The zero-order valence-corrected chi connectivity index (χ0v) is 18.2. The highest BCUT2D eigenvalue weighted by Crippen LogP contribution is 2.40. The van der Waals surface area contributed by atoms with E-state index >= 15 is 0 Å². The first kappa shape index (κ1) is 20.9. The lowest BCUT2D eigenvalue weighted by molar-refractivity contribution is 0.0503. The summed E-state index contributed by atoms with van der Waals surface area (Å²) in [6, 6.07) is 12.0. The number of rotatable bonds is 3. The number of carbonyl (C=O) groups excluding carboxylic acids is 1. The first-order valence-corrected chi connectivity index (χ1v) is 10.7. The summed E-state index contributed by atoms with van der Waals surface area (Å²) in [5, 5.41) is 22.0. The number of alkyl carbamates (subject to hydrolysis) is 1. The molecule has 0 saturated carbocycles. The van der Waals surface area contributed by atoms with Gasteiger partial charge < -0.3 is 10.1 Å². The van der Waals surface area contributed by atoms with E-state index < -0.39 is 17.5 Å². The molecule has 1 aliphatic rings. The number of nitriles is 1. The Morgan fingerprint density at radius 1 is 1.26 bits per heavy atom. The van der Waals surface area contributed by atoms with E-state index in [4.69, 9.17) is 10.00 Å². The molecule has 1 aromatic heterocycles. The van der Waals surface area contributed by atoms with Crippen LogP contribution >= 0.6 is 11.3 Å². The number of ether oxygens (including phenoxy) is 1. The van der Waals surface area contributed by atoms with Crippen molar-refractivity contribution in [3.8, 4) is 27.2 Å². The van der Waals surface area contributed by atoms with Crippen LogP contribution in [-0.4, -0.2) is 21.9 Å². The fourth-order valence-corrected chi connectivity index (χ4v) is 4.54. The summed E-state index contributed by atoms with van der Waals surface area (Å²) in [4.78, 5) is 12.2. The molecular weight excluding hydrogens is 415 g/mol. The van der Waals surface area contributed by atoms with E-state index in [-0.39, 0.29) is 11.6 Å². The van der Waals surface area contributed by atoms with Crippen molar-refractivity contribution in [1.82, 2.24) is 15.5 Å². The van der Waals surface area contributed by atoms with E-state index in [0.29, 0.717) is 10.6 Å². The number of carbonyl (C=O) groups is 1. The lowest BCUT2D eigenvalue weighted by atomic mass is 10.0. The van der Waals surface area contributed by atoms with Crippen LogP contribution < -0.4 is 5.32 Å². The molecule has 1 amide bonds. The number of benzene rings is 2. The molecule has 0 fully saturated rings. The van der Waals surface area contributed by atoms with Crippen LogP contribution in [0.25, 0.3) is 21.1 Å². The minimum Gasteiger partial charge on any atom is -0.444 e. The molecule has 3 aromatic rings. The maximum absolute atomic E-state index is 13.6. The second-order valence-electron chi connectivity index (χ2n) is 8.33.